The summed E-state index contributed by atoms with van der Waals surface area (Å²) in [6, 6.07) is 23.2. The predicted octanol–water partition coefficient (Wildman–Crippen LogP) is 5.40. The lowest BCUT2D eigenvalue weighted by molar-refractivity contribution is 0.464. The first-order valence-corrected chi connectivity index (χ1v) is 8.24. The highest BCUT2D eigenvalue weighted by molar-refractivity contribution is 5.48. The second kappa shape index (κ2) is 6.79. The minimum absolute atomic E-state index is 0.0655. The number of hydrogen-bond donors (Lipinski definition) is 2. The highest BCUT2D eigenvalue weighted by Gasteiger charge is 2.20. The maximum Gasteiger partial charge on any atom is 0.119 e. The zero-order valence-electron chi connectivity index (χ0n) is 14.0. The Balaban J connectivity index is 2.06. The molecule has 24 heavy (non-hydrogen) atoms. The van der Waals surface area contributed by atoms with Crippen molar-refractivity contribution in [2.75, 3.05) is 0 Å². The second-order valence-corrected chi connectivity index (χ2v) is 6.19. The molecule has 2 unspecified atom stereocenters. The van der Waals surface area contributed by atoms with Gasteiger partial charge in [-0.15, -0.1) is 0 Å². The molecule has 2 N–H and O–H groups in total. The summed E-state index contributed by atoms with van der Waals surface area (Å²) in [5, 5.41) is 20.4. The van der Waals surface area contributed by atoms with Gasteiger partial charge in [0.15, 0.2) is 0 Å². The third-order valence-corrected chi connectivity index (χ3v) is 4.74. The molecule has 0 heterocycles. The summed E-state index contributed by atoms with van der Waals surface area (Å²) in [4.78, 5) is 0. The molecule has 0 aliphatic heterocycles. The van der Waals surface area contributed by atoms with Gasteiger partial charge in [0.05, 0.1) is 0 Å². The van der Waals surface area contributed by atoms with Gasteiger partial charge in [0.1, 0.15) is 11.5 Å². The van der Waals surface area contributed by atoms with Crippen molar-refractivity contribution >= 4 is 0 Å². The van der Waals surface area contributed by atoms with Gasteiger partial charge >= 0.3 is 0 Å². The molecule has 2 atom stereocenters. The van der Waals surface area contributed by atoms with Gasteiger partial charge in [-0.05, 0) is 23.3 Å². The molecule has 0 aliphatic rings. The SMILES string of the molecule is CC(c1ccccc1O)c1ccccc1C(C)c1ccccc1O. The fourth-order valence-corrected chi connectivity index (χ4v) is 3.34. The third-order valence-electron chi connectivity index (χ3n) is 4.74. The molecule has 0 amide bonds. The third kappa shape index (κ3) is 3.00. The summed E-state index contributed by atoms with van der Waals surface area (Å²) < 4.78 is 0. The van der Waals surface area contributed by atoms with E-state index < -0.39 is 0 Å². The number of hydrogen-bond acceptors (Lipinski definition) is 2. The molecular formula is C22H22O2. The van der Waals surface area contributed by atoms with Gasteiger partial charge in [0, 0.05) is 23.0 Å². The highest BCUT2D eigenvalue weighted by atomic mass is 16.3. The first-order chi connectivity index (χ1) is 11.6. The quantitative estimate of drug-likeness (QED) is 0.676. The van der Waals surface area contributed by atoms with E-state index in [1.807, 2.05) is 48.5 Å². The number of para-hydroxylation sites is 2. The van der Waals surface area contributed by atoms with Gasteiger partial charge in [0.25, 0.3) is 0 Å². The van der Waals surface area contributed by atoms with E-state index in [4.69, 9.17) is 0 Å². The minimum atomic E-state index is 0.0655. The Labute approximate surface area is 143 Å². The molecule has 122 valence electrons. The van der Waals surface area contributed by atoms with Crippen molar-refractivity contribution in [1.29, 1.82) is 0 Å². The molecule has 0 bridgehead atoms. The Morgan fingerprint density at radius 1 is 0.500 bits per heavy atom. The molecule has 3 aromatic rings. The molecule has 0 saturated carbocycles. The van der Waals surface area contributed by atoms with E-state index in [1.165, 1.54) is 0 Å². The Hall–Kier alpha value is -2.74. The van der Waals surface area contributed by atoms with Crippen LogP contribution in [0.25, 0.3) is 0 Å². The lowest BCUT2D eigenvalue weighted by atomic mass is 9.82. The largest absolute Gasteiger partial charge is 0.508 e. The first kappa shape index (κ1) is 16.1. The fourth-order valence-electron chi connectivity index (χ4n) is 3.34. The van der Waals surface area contributed by atoms with Crippen molar-refractivity contribution in [2.24, 2.45) is 0 Å². The number of rotatable bonds is 4. The normalized spacial score (nSPS) is 13.4. The van der Waals surface area contributed by atoms with Crippen molar-refractivity contribution in [3.05, 3.63) is 95.1 Å². The van der Waals surface area contributed by atoms with E-state index in [2.05, 4.69) is 26.0 Å². The Bertz CT molecular complexity index is 768. The topological polar surface area (TPSA) is 40.5 Å². The maximum absolute atomic E-state index is 10.2. The van der Waals surface area contributed by atoms with Crippen LogP contribution < -0.4 is 0 Å². The van der Waals surface area contributed by atoms with Crippen LogP contribution in [0.15, 0.2) is 72.8 Å². The first-order valence-electron chi connectivity index (χ1n) is 8.24. The number of phenolic OH excluding ortho intramolecular Hbond substituents is 2. The van der Waals surface area contributed by atoms with E-state index in [0.717, 1.165) is 22.3 Å². The zero-order valence-corrected chi connectivity index (χ0v) is 14.0. The summed E-state index contributed by atoms with van der Waals surface area (Å²) >= 11 is 0. The smallest absolute Gasteiger partial charge is 0.119 e. The molecule has 0 aliphatic carbocycles. The van der Waals surface area contributed by atoms with E-state index in [1.54, 1.807) is 12.1 Å². The molecule has 0 radical (unpaired) electrons. The number of phenols is 2. The summed E-state index contributed by atoms with van der Waals surface area (Å²) in [5.41, 5.74) is 4.15. The van der Waals surface area contributed by atoms with Crippen LogP contribution in [0, 0.1) is 0 Å². The Morgan fingerprint density at radius 2 is 0.792 bits per heavy atom. The molecule has 0 aromatic heterocycles. The lowest BCUT2D eigenvalue weighted by Gasteiger charge is -2.22. The fraction of sp³-hybridized carbons (Fsp3) is 0.182. The Morgan fingerprint density at radius 3 is 1.12 bits per heavy atom. The summed E-state index contributed by atoms with van der Waals surface area (Å²) in [6.45, 7) is 4.21. The molecule has 3 rings (SSSR count). The average molecular weight is 318 g/mol. The predicted molar refractivity (Wildman–Crippen MR) is 97.7 cm³/mol. The van der Waals surface area contributed by atoms with Crippen molar-refractivity contribution in [3.63, 3.8) is 0 Å². The monoisotopic (exact) mass is 318 g/mol. The van der Waals surface area contributed by atoms with Crippen LogP contribution in [0.4, 0.5) is 0 Å². The maximum atomic E-state index is 10.2. The van der Waals surface area contributed by atoms with Gasteiger partial charge in [-0.25, -0.2) is 0 Å². The van der Waals surface area contributed by atoms with Crippen molar-refractivity contribution < 1.29 is 10.2 Å². The van der Waals surface area contributed by atoms with Gasteiger partial charge in [-0.1, -0.05) is 74.5 Å². The molecule has 2 heteroatoms. The lowest BCUT2D eigenvalue weighted by Crippen LogP contribution is -2.05. The van der Waals surface area contributed by atoms with Gasteiger partial charge < -0.3 is 10.2 Å². The molecule has 0 fully saturated rings. The Kier molecular flexibility index (Phi) is 4.57. The van der Waals surface area contributed by atoms with E-state index in [-0.39, 0.29) is 11.8 Å². The minimum Gasteiger partial charge on any atom is -0.508 e. The van der Waals surface area contributed by atoms with Gasteiger partial charge in [0.2, 0.25) is 0 Å². The summed E-state index contributed by atoms with van der Waals surface area (Å²) in [6.07, 6.45) is 0. The van der Waals surface area contributed by atoms with E-state index in [0.29, 0.717) is 11.5 Å². The van der Waals surface area contributed by atoms with Crippen LogP contribution in [0.2, 0.25) is 0 Å². The van der Waals surface area contributed by atoms with Crippen LogP contribution in [0.3, 0.4) is 0 Å². The zero-order chi connectivity index (χ0) is 17.1. The van der Waals surface area contributed by atoms with Crippen molar-refractivity contribution in [3.8, 4) is 11.5 Å². The average Bonchev–Trinajstić information content (AvgIpc) is 2.61. The van der Waals surface area contributed by atoms with Crippen LogP contribution >= 0.6 is 0 Å². The summed E-state index contributed by atoms with van der Waals surface area (Å²) in [7, 11) is 0. The van der Waals surface area contributed by atoms with Crippen LogP contribution in [0.1, 0.15) is 47.9 Å². The summed E-state index contributed by atoms with van der Waals surface area (Å²) in [5.74, 6) is 0.761. The standard InChI is InChI=1S/C22H22O2/c1-15(19-11-5-7-13-21(19)23)17-9-3-4-10-18(17)16(2)20-12-6-8-14-22(20)24/h3-16,23-24H,1-2H3. The highest BCUT2D eigenvalue weighted by Crippen LogP contribution is 2.38. The molecular weight excluding hydrogens is 296 g/mol. The van der Waals surface area contributed by atoms with Gasteiger partial charge in [-0.2, -0.15) is 0 Å². The number of benzene rings is 3. The molecule has 3 aromatic carbocycles. The van der Waals surface area contributed by atoms with Gasteiger partial charge in [-0.3, -0.25) is 0 Å². The van der Waals surface area contributed by atoms with Crippen molar-refractivity contribution in [2.45, 2.75) is 25.7 Å². The van der Waals surface area contributed by atoms with E-state index in [9.17, 15) is 10.2 Å². The molecule has 0 spiro atoms. The van der Waals surface area contributed by atoms with Crippen molar-refractivity contribution in [1.82, 2.24) is 0 Å². The molecule has 2 nitrogen and oxygen atoms in total. The van der Waals surface area contributed by atoms with E-state index >= 15 is 0 Å². The second-order valence-electron chi connectivity index (χ2n) is 6.19. The van der Waals surface area contributed by atoms with Crippen LogP contribution in [-0.4, -0.2) is 10.2 Å². The van der Waals surface area contributed by atoms with Crippen LogP contribution in [0.5, 0.6) is 11.5 Å². The van der Waals surface area contributed by atoms with Crippen LogP contribution in [-0.2, 0) is 0 Å². The molecule has 0 saturated heterocycles. The number of aromatic hydroxyl groups is 2.